The van der Waals surface area contributed by atoms with Gasteiger partial charge >= 0.3 is 12.1 Å². The number of methoxy groups -OCH3 is 1. The average Bonchev–Trinajstić information content (AvgIpc) is 3.61. The molecule has 4 N–H and O–H groups in total. The van der Waals surface area contributed by atoms with E-state index in [0.29, 0.717) is 46.7 Å². The van der Waals surface area contributed by atoms with Gasteiger partial charge in [-0.1, -0.05) is 6.92 Å². The van der Waals surface area contributed by atoms with Crippen LogP contribution in [0.3, 0.4) is 0 Å². The minimum Gasteiger partial charge on any atom is -0.497 e. The summed E-state index contributed by atoms with van der Waals surface area (Å²) in [7, 11) is 3.26. The van der Waals surface area contributed by atoms with E-state index in [0.717, 1.165) is 19.3 Å². The second-order valence-electron chi connectivity index (χ2n) is 13.2. The van der Waals surface area contributed by atoms with Crippen molar-refractivity contribution < 1.29 is 43.2 Å². The van der Waals surface area contributed by atoms with Crippen molar-refractivity contribution in [3.05, 3.63) is 66.2 Å². The molecular weight excluding hydrogens is 670 g/mol. The lowest BCUT2D eigenvalue weighted by Crippen LogP contribution is -2.48. The number of carbonyl (C=O) groups is 3. The topological polar surface area (TPSA) is 160 Å². The molecule has 52 heavy (non-hydrogen) atoms. The van der Waals surface area contributed by atoms with Crippen LogP contribution in [0, 0.1) is 5.92 Å². The molecule has 5 rings (SSSR count). The summed E-state index contributed by atoms with van der Waals surface area (Å²) >= 11 is 0. The molecule has 3 aromatic rings. The van der Waals surface area contributed by atoms with Crippen LogP contribution >= 0.6 is 0 Å². The largest absolute Gasteiger partial charge is 0.497 e. The second kappa shape index (κ2) is 17.8. The number of fused-ring (bicyclic) bond motifs is 2. The van der Waals surface area contributed by atoms with Crippen molar-refractivity contribution in [2.75, 3.05) is 63.2 Å². The van der Waals surface area contributed by atoms with Gasteiger partial charge in [-0.3, -0.25) is 4.79 Å². The highest BCUT2D eigenvalue weighted by Crippen LogP contribution is 2.34. The van der Waals surface area contributed by atoms with Gasteiger partial charge in [0.15, 0.2) is 11.5 Å². The Hall–Kier alpha value is -5.21. The molecule has 0 spiro atoms. The molecule has 2 aliphatic rings. The van der Waals surface area contributed by atoms with Crippen molar-refractivity contribution in [3.63, 3.8) is 0 Å². The number of anilines is 3. The van der Waals surface area contributed by atoms with Crippen LogP contribution in [0.1, 0.15) is 50.4 Å². The molecule has 0 bridgehead atoms. The van der Waals surface area contributed by atoms with Crippen LogP contribution in [0.25, 0.3) is 0 Å². The van der Waals surface area contributed by atoms with Crippen LogP contribution in [0.5, 0.6) is 23.0 Å². The van der Waals surface area contributed by atoms with Crippen molar-refractivity contribution in [2.45, 2.75) is 58.3 Å². The molecular formula is C38H49N5O9. The number of carbonyl (C=O) groups excluding carboxylic acids is 3. The molecule has 0 aliphatic carbocycles. The number of nitrogens with zero attached hydrogens (tertiary/aromatic N) is 2. The van der Waals surface area contributed by atoms with Crippen LogP contribution in [0.15, 0.2) is 60.7 Å². The quantitative estimate of drug-likeness (QED) is 0.218. The minimum absolute atomic E-state index is 0.135. The fourth-order valence-electron chi connectivity index (χ4n) is 5.98. The number of nitrogens with one attached hydrogen (secondary N) is 3. The predicted octanol–water partition coefficient (Wildman–Crippen LogP) is 6.03. The van der Waals surface area contributed by atoms with Crippen molar-refractivity contribution in [3.8, 4) is 23.0 Å². The highest BCUT2D eigenvalue weighted by atomic mass is 16.7. The van der Waals surface area contributed by atoms with Crippen molar-refractivity contribution in [1.29, 1.82) is 0 Å². The number of ether oxygens (including phenoxy) is 5. The molecule has 4 atom stereocenters. The van der Waals surface area contributed by atoms with Gasteiger partial charge in [-0.25, -0.2) is 9.59 Å². The zero-order valence-electron chi connectivity index (χ0n) is 30.3. The van der Waals surface area contributed by atoms with E-state index in [2.05, 4.69) is 16.0 Å². The first-order chi connectivity index (χ1) is 25.0. The van der Waals surface area contributed by atoms with Crippen LogP contribution < -0.4 is 34.9 Å². The number of hydrogen-bond acceptors (Lipinski definition) is 9. The number of rotatable bonds is 8. The van der Waals surface area contributed by atoms with E-state index in [1.54, 1.807) is 91.5 Å². The number of urea groups is 2. The Morgan fingerprint density at radius 3 is 2.35 bits per heavy atom. The van der Waals surface area contributed by atoms with E-state index in [-0.39, 0.29) is 56.0 Å². The van der Waals surface area contributed by atoms with E-state index in [9.17, 15) is 19.5 Å². The number of benzene rings is 3. The zero-order valence-corrected chi connectivity index (χ0v) is 30.3. The molecule has 0 unspecified atom stereocenters. The van der Waals surface area contributed by atoms with Gasteiger partial charge < -0.3 is 54.5 Å². The standard InChI is InChI=1S/C38H49N5O9/c1-24-20-43(25(2)22-44)36(45)31-18-28(40-37(46)39-27-9-13-30(48-5)14-10-27)11-15-32(31)52-26(3)8-6-7-17-49-35(24)21-42(4)38(47)41-29-12-16-33-34(19-29)51-23-50-33/h9-16,18-19,24-26,35,44H,6-8,17,20-23H2,1-5H3,(H,41,47)(H2,39,40,46)/t24-,25+,26+,35-/m0/s1. The minimum atomic E-state index is -0.559. The summed E-state index contributed by atoms with van der Waals surface area (Å²) in [6.07, 6.45) is 1.68. The summed E-state index contributed by atoms with van der Waals surface area (Å²) in [4.78, 5) is 43.8. The fraction of sp³-hybridized carbons (Fsp3) is 0.447. The number of hydrogen-bond donors (Lipinski definition) is 4. The maximum atomic E-state index is 14.4. The molecule has 0 fully saturated rings. The molecule has 14 heteroatoms. The Morgan fingerprint density at radius 1 is 0.942 bits per heavy atom. The van der Waals surface area contributed by atoms with E-state index in [4.69, 9.17) is 23.7 Å². The summed E-state index contributed by atoms with van der Waals surface area (Å²) < 4.78 is 28.7. The van der Waals surface area contributed by atoms with E-state index in [1.165, 1.54) is 0 Å². The van der Waals surface area contributed by atoms with Gasteiger partial charge in [0, 0.05) is 55.8 Å². The lowest BCUT2D eigenvalue weighted by atomic mass is 10.0. The first-order valence-electron chi connectivity index (χ1n) is 17.5. The first-order valence-corrected chi connectivity index (χ1v) is 17.5. The Kier molecular flexibility index (Phi) is 13.0. The molecule has 0 radical (unpaired) electrons. The monoisotopic (exact) mass is 719 g/mol. The summed E-state index contributed by atoms with van der Waals surface area (Å²) in [6, 6.07) is 15.7. The van der Waals surface area contributed by atoms with Gasteiger partial charge in [-0.05, 0) is 87.7 Å². The Bertz CT molecular complexity index is 1690. The molecule has 0 saturated carbocycles. The molecule has 0 aromatic heterocycles. The molecule has 0 saturated heterocycles. The van der Waals surface area contributed by atoms with Gasteiger partial charge in [-0.15, -0.1) is 0 Å². The van der Waals surface area contributed by atoms with Crippen molar-refractivity contribution in [2.24, 2.45) is 5.92 Å². The third-order valence-corrected chi connectivity index (χ3v) is 9.08. The number of aliphatic hydroxyl groups is 1. The fourth-order valence-corrected chi connectivity index (χ4v) is 5.98. The normalized spacial score (nSPS) is 19.7. The van der Waals surface area contributed by atoms with Crippen molar-refractivity contribution >= 4 is 35.0 Å². The van der Waals surface area contributed by atoms with Gasteiger partial charge in [0.25, 0.3) is 5.91 Å². The lowest BCUT2D eigenvalue weighted by molar-refractivity contribution is -0.0115. The predicted molar refractivity (Wildman–Crippen MR) is 197 cm³/mol. The maximum absolute atomic E-state index is 14.4. The van der Waals surface area contributed by atoms with E-state index >= 15 is 0 Å². The average molecular weight is 720 g/mol. The highest BCUT2D eigenvalue weighted by molar-refractivity contribution is 6.02. The summed E-state index contributed by atoms with van der Waals surface area (Å²) in [5.74, 6) is 1.60. The third-order valence-electron chi connectivity index (χ3n) is 9.08. The van der Waals surface area contributed by atoms with E-state index in [1.807, 2.05) is 13.8 Å². The zero-order chi connectivity index (χ0) is 37.2. The van der Waals surface area contributed by atoms with Gasteiger partial charge in [-0.2, -0.15) is 0 Å². The Labute approximate surface area is 304 Å². The molecule has 3 aromatic carbocycles. The number of likely N-dealkylation sites (N-methyl/N-ethyl adjacent to an activating group) is 1. The summed E-state index contributed by atoms with van der Waals surface area (Å²) in [5.41, 5.74) is 1.76. The molecule has 280 valence electrons. The van der Waals surface area contributed by atoms with Gasteiger partial charge in [0.2, 0.25) is 6.79 Å². The third kappa shape index (κ3) is 9.98. The second-order valence-corrected chi connectivity index (χ2v) is 13.2. The molecule has 2 heterocycles. The number of aliphatic hydroxyl groups excluding tert-OH is 1. The summed E-state index contributed by atoms with van der Waals surface area (Å²) in [6.45, 7) is 6.46. The van der Waals surface area contributed by atoms with Crippen molar-refractivity contribution in [1.82, 2.24) is 9.80 Å². The van der Waals surface area contributed by atoms with Crippen LogP contribution in [0.2, 0.25) is 0 Å². The van der Waals surface area contributed by atoms with Gasteiger partial charge in [0.1, 0.15) is 11.5 Å². The van der Waals surface area contributed by atoms with Crippen LogP contribution in [-0.4, -0.2) is 98.4 Å². The van der Waals surface area contributed by atoms with E-state index < -0.39 is 18.2 Å². The maximum Gasteiger partial charge on any atom is 0.323 e. The van der Waals surface area contributed by atoms with Gasteiger partial charge in [0.05, 0.1) is 37.5 Å². The molecule has 2 aliphatic heterocycles. The Balaban J connectivity index is 1.34. The SMILES string of the molecule is COc1ccc(NC(=O)Nc2ccc3c(c2)C(=O)N([C@H](C)CO)C[C@H](C)[C@H](CN(C)C(=O)Nc2ccc4c(c2)OCO4)OCCCC[C@@H](C)O3)cc1. The first kappa shape index (κ1) is 38.0. The summed E-state index contributed by atoms with van der Waals surface area (Å²) in [5, 5.41) is 18.8. The van der Waals surface area contributed by atoms with Crippen LogP contribution in [-0.2, 0) is 4.74 Å². The highest BCUT2D eigenvalue weighted by Gasteiger charge is 2.31. The molecule has 14 nitrogen and oxygen atoms in total. The lowest BCUT2D eigenvalue weighted by Gasteiger charge is -2.35. The smallest absolute Gasteiger partial charge is 0.323 e. The molecule has 5 amide bonds. The number of amides is 5. The van der Waals surface area contributed by atoms with Crippen LogP contribution in [0.4, 0.5) is 26.7 Å². The Morgan fingerprint density at radius 2 is 1.62 bits per heavy atom.